The van der Waals surface area contributed by atoms with Crippen LogP contribution in [-0.2, 0) is 10.8 Å². The van der Waals surface area contributed by atoms with E-state index in [1.165, 1.54) is 43.4 Å². The molecular weight excluding hydrogens is 1350 g/mol. The number of fused-ring (bicyclic) bond motifs is 17. The smallest absolute Gasteiger partial charge is 0.257 e. The lowest BCUT2D eigenvalue weighted by Gasteiger charge is -2.46. The molecule has 0 N–H and O–H groups in total. The third kappa shape index (κ3) is 9.77. The van der Waals surface area contributed by atoms with Crippen LogP contribution in [0, 0.1) is 0 Å². The lowest BCUT2D eigenvalue weighted by molar-refractivity contribution is 0.590. The molecule has 20 aromatic rings. The summed E-state index contributed by atoms with van der Waals surface area (Å²) >= 11 is 0. The predicted octanol–water partition coefficient (Wildman–Crippen LogP) is 26.2. The molecule has 111 heavy (non-hydrogen) atoms. The molecule has 4 aromatic heterocycles. The highest BCUT2D eigenvalue weighted by Gasteiger charge is 2.48. The van der Waals surface area contributed by atoms with Crippen molar-refractivity contribution in [3.63, 3.8) is 0 Å². The fraction of sp³-hybridized carbons (Fsp3) is 0.0769. The van der Waals surface area contributed by atoms with Gasteiger partial charge in [-0.1, -0.05) is 308 Å². The molecule has 6 heterocycles. The number of anilines is 6. The molecule has 0 unspecified atom stereocenters. The Bertz CT molecular complexity index is 6920. The van der Waals surface area contributed by atoms with Crippen molar-refractivity contribution in [2.24, 2.45) is 0 Å². The zero-order valence-electron chi connectivity index (χ0n) is 62.7. The normalized spacial score (nSPS) is 12.9. The van der Waals surface area contributed by atoms with Crippen LogP contribution in [0.3, 0.4) is 0 Å². The van der Waals surface area contributed by atoms with E-state index in [0.717, 1.165) is 167 Å². The van der Waals surface area contributed by atoms with Gasteiger partial charge in [-0.05, 0) is 146 Å². The van der Waals surface area contributed by atoms with Gasteiger partial charge >= 0.3 is 0 Å². The molecule has 0 amide bonds. The summed E-state index contributed by atoms with van der Waals surface area (Å²) in [6.07, 6.45) is 0. The molecule has 0 atom stereocenters. The molecule has 526 valence electrons. The van der Waals surface area contributed by atoms with E-state index in [2.05, 4.69) is 417 Å². The maximum atomic E-state index is 7.98. The maximum Gasteiger partial charge on any atom is 0.257 e. The molecular formula is C104H76BN5O. The first kappa shape index (κ1) is 64.6. The SMILES string of the molecule is CC(C)(C)c1ccc2c(c1)c1cc(C(C)(C)C)ccc1n2-c1cc2c3c(c1)N(c1c(-c4ccccc4)cccc1-c1ccccc1)c1cc(-n4c5ccccc5c5ccccc54)c4c(oc5ccccc54)c1B3c1ccc(-n3c4ccccc4c4ccccc43)cc1N2c1c(-c2ccccc2)cccc1-c1ccccc1. The van der Waals surface area contributed by atoms with Gasteiger partial charge in [0, 0.05) is 88.4 Å². The molecule has 2 aliphatic heterocycles. The van der Waals surface area contributed by atoms with Crippen molar-refractivity contribution in [2.45, 2.75) is 52.4 Å². The number of rotatable bonds is 9. The molecule has 7 heteroatoms. The number of benzene rings is 16. The van der Waals surface area contributed by atoms with Crippen LogP contribution in [0.1, 0.15) is 52.7 Å². The van der Waals surface area contributed by atoms with Crippen molar-refractivity contribution in [1.82, 2.24) is 13.7 Å². The number of furan rings is 1. The van der Waals surface area contributed by atoms with E-state index in [-0.39, 0.29) is 10.8 Å². The molecule has 16 aromatic carbocycles. The van der Waals surface area contributed by atoms with Gasteiger partial charge in [0.05, 0.1) is 61.2 Å². The first-order chi connectivity index (χ1) is 54.4. The van der Waals surface area contributed by atoms with Crippen LogP contribution in [0.4, 0.5) is 34.1 Å². The topological polar surface area (TPSA) is 34.4 Å². The summed E-state index contributed by atoms with van der Waals surface area (Å²) < 4.78 is 15.6. The van der Waals surface area contributed by atoms with E-state index in [1.54, 1.807) is 0 Å². The van der Waals surface area contributed by atoms with Gasteiger partial charge in [0.15, 0.2) is 0 Å². The third-order valence-electron chi connectivity index (χ3n) is 23.9. The van der Waals surface area contributed by atoms with Gasteiger partial charge in [0.1, 0.15) is 11.2 Å². The fourth-order valence-electron chi connectivity index (χ4n) is 18.8. The Labute approximate surface area is 645 Å². The van der Waals surface area contributed by atoms with Gasteiger partial charge in [-0.2, -0.15) is 0 Å². The van der Waals surface area contributed by atoms with E-state index in [1.807, 2.05) is 0 Å². The molecule has 6 nitrogen and oxygen atoms in total. The summed E-state index contributed by atoms with van der Waals surface area (Å²) in [5.41, 5.74) is 32.4. The molecule has 0 fully saturated rings. The summed E-state index contributed by atoms with van der Waals surface area (Å²) in [6, 6.07) is 132. The van der Waals surface area contributed by atoms with E-state index in [4.69, 9.17) is 4.42 Å². The molecule has 0 saturated carbocycles. The highest BCUT2D eigenvalue weighted by molar-refractivity contribution is 7.01. The Morgan fingerprint density at radius 1 is 0.261 bits per heavy atom. The summed E-state index contributed by atoms with van der Waals surface area (Å²) in [7, 11) is 0. The molecule has 0 aliphatic carbocycles. The van der Waals surface area contributed by atoms with E-state index < -0.39 is 6.71 Å². The Balaban J connectivity index is 0.984. The summed E-state index contributed by atoms with van der Waals surface area (Å²) in [4.78, 5) is 5.40. The van der Waals surface area contributed by atoms with E-state index in [9.17, 15) is 0 Å². The van der Waals surface area contributed by atoms with E-state index >= 15 is 0 Å². The average molecular weight is 1420 g/mol. The minimum Gasteiger partial charge on any atom is -0.456 e. The second kappa shape index (κ2) is 24.4. The van der Waals surface area contributed by atoms with Crippen LogP contribution in [0.25, 0.3) is 149 Å². The van der Waals surface area contributed by atoms with Crippen LogP contribution in [0.15, 0.2) is 356 Å². The highest BCUT2D eigenvalue weighted by atomic mass is 16.3. The van der Waals surface area contributed by atoms with Gasteiger partial charge in [-0.3, -0.25) is 0 Å². The quantitative estimate of drug-likeness (QED) is 0.135. The Morgan fingerprint density at radius 3 is 1.06 bits per heavy atom. The van der Waals surface area contributed by atoms with Crippen LogP contribution >= 0.6 is 0 Å². The zero-order chi connectivity index (χ0) is 74.1. The lowest BCUT2D eigenvalue weighted by Crippen LogP contribution is -2.61. The molecule has 0 radical (unpaired) electrons. The zero-order valence-corrected chi connectivity index (χ0v) is 62.7. The van der Waals surface area contributed by atoms with Crippen molar-refractivity contribution < 1.29 is 4.42 Å². The lowest BCUT2D eigenvalue weighted by atomic mass is 9.33. The summed E-state index contributed by atoms with van der Waals surface area (Å²) in [5.74, 6) is 0. The summed E-state index contributed by atoms with van der Waals surface area (Å²) in [6.45, 7) is 13.6. The van der Waals surface area contributed by atoms with Crippen LogP contribution in [0.2, 0.25) is 0 Å². The van der Waals surface area contributed by atoms with Gasteiger partial charge in [0.25, 0.3) is 6.71 Å². The minimum absolute atomic E-state index is 0.121. The Morgan fingerprint density at radius 2 is 0.622 bits per heavy atom. The summed E-state index contributed by atoms with van der Waals surface area (Å²) in [5, 5.41) is 9.33. The molecule has 0 bridgehead atoms. The second-order valence-electron chi connectivity index (χ2n) is 32.3. The van der Waals surface area contributed by atoms with Gasteiger partial charge in [-0.15, -0.1) is 0 Å². The van der Waals surface area contributed by atoms with Crippen molar-refractivity contribution in [2.75, 3.05) is 9.80 Å². The van der Waals surface area contributed by atoms with E-state index in [0.29, 0.717) is 0 Å². The molecule has 22 rings (SSSR count). The largest absolute Gasteiger partial charge is 0.456 e. The van der Waals surface area contributed by atoms with Crippen molar-refractivity contribution >= 4 is 145 Å². The Hall–Kier alpha value is -13.6. The molecule has 2 aliphatic rings. The van der Waals surface area contributed by atoms with Crippen LogP contribution < -0.4 is 26.2 Å². The predicted molar refractivity (Wildman–Crippen MR) is 470 cm³/mol. The molecule has 0 saturated heterocycles. The number of aromatic nitrogens is 3. The number of hydrogen-bond donors (Lipinski definition) is 0. The third-order valence-corrected chi connectivity index (χ3v) is 23.9. The van der Waals surface area contributed by atoms with Crippen LogP contribution in [-0.4, -0.2) is 20.4 Å². The number of hydrogen-bond acceptors (Lipinski definition) is 3. The van der Waals surface area contributed by atoms with Gasteiger partial charge < -0.3 is 27.9 Å². The number of para-hydroxylation sites is 7. The number of nitrogens with zero attached hydrogens (tertiary/aromatic N) is 5. The average Bonchev–Trinajstić information content (AvgIpc) is 1.66. The van der Waals surface area contributed by atoms with Gasteiger partial charge in [0.2, 0.25) is 0 Å². The fourth-order valence-corrected chi connectivity index (χ4v) is 18.8. The van der Waals surface area contributed by atoms with Crippen molar-refractivity contribution in [3.05, 3.63) is 363 Å². The first-order valence-corrected chi connectivity index (χ1v) is 38.8. The van der Waals surface area contributed by atoms with Crippen LogP contribution in [0.5, 0.6) is 0 Å². The molecule has 0 spiro atoms. The monoisotopic (exact) mass is 1420 g/mol. The van der Waals surface area contributed by atoms with Crippen molar-refractivity contribution in [1.29, 1.82) is 0 Å². The van der Waals surface area contributed by atoms with Gasteiger partial charge in [-0.25, -0.2) is 0 Å². The first-order valence-electron chi connectivity index (χ1n) is 38.8. The van der Waals surface area contributed by atoms with Crippen molar-refractivity contribution in [3.8, 4) is 61.6 Å². The maximum absolute atomic E-state index is 7.98. The minimum atomic E-state index is -0.445. The second-order valence-corrected chi connectivity index (χ2v) is 32.3. The Kier molecular flexibility index (Phi) is 14.2. The highest BCUT2D eigenvalue weighted by Crippen LogP contribution is 2.56. The standard InChI is InChI=1S/C104H76BN5O/c1-103(2,3)69-53-57-89-82(59-69)83-60-70(104(4,5)6)54-58-90(83)107(89)72-62-93-98-94(63-72)110(101-75(67-35-15-9-16-36-67)46-30-47-76(101)68-37-17-10-18-38-68)95-64-92(108-87-50-26-21-41-79(87)80-42-22-27-51-88(80)108)97-81-43-23-28-52-96(81)111-102(97)99(95)105(98)84-56-55-71(106-85-48-24-19-39-77(85)78-40-20-25-49-86(78)106)61-91(84)109(93)100-73(65-31-11-7-12-32-65)44-29-45-74(100)66-33-13-8-14-34-66/h7-64H,1-6H3.